The monoisotopic (exact) mass is 444 g/mol. The highest BCUT2D eigenvalue weighted by atomic mass is 16.7. The van der Waals surface area contributed by atoms with Gasteiger partial charge in [0.25, 0.3) is 0 Å². The van der Waals surface area contributed by atoms with E-state index in [1.54, 1.807) is 11.1 Å². The van der Waals surface area contributed by atoms with Crippen LogP contribution in [0.2, 0.25) is 0 Å². The van der Waals surface area contributed by atoms with E-state index in [1.165, 1.54) is 38.8 Å². The highest BCUT2D eigenvalue weighted by Crippen LogP contribution is 2.67. The summed E-state index contributed by atoms with van der Waals surface area (Å²) in [6, 6.07) is 0. The number of hydrogen-bond donors (Lipinski definition) is 1. The first kappa shape index (κ1) is 22.0. The second kappa shape index (κ2) is 7.04. The quantitative estimate of drug-likeness (QED) is 0.663. The number of hydrogen-bond acceptors (Lipinski definition) is 5. The zero-order chi connectivity index (χ0) is 22.5. The summed E-state index contributed by atoms with van der Waals surface area (Å²) in [5.41, 5.74) is 3.62. The van der Waals surface area contributed by atoms with Crippen molar-refractivity contribution >= 4 is 0 Å². The third kappa shape index (κ3) is 2.69. The molecule has 0 radical (unpaired) electrons. The summed E-state index contributed by atoms with van der Waals surface area (Å²) in [5, 5.41) is 3.82. The van der Waals surface area contributed by atoms with Gasteiger partial charge in [-0.1, -0.05) is 33.3 Å². The fourth-order valence-corrected chi connectivity index (χ4v) is 8.67. The van der Waals surface area contributed by atoms with Gasteiger partial charge in [0.2, 0.25) is 0 Å². The van der Waals surface area contributed by atoms with Crippen molar-refractivity contribution in [1.29, 1.82) is 0 Å². The van der Waals surface area contributed by atoms with Crippen LogP contribution in [0.15, 0.2) is 11.1 Å². The van der Waals surface area contributed by atoms with Gasteiger partial charge in [-0.3, -0.25) is 4.90 Å². The van der Waals surface area contributed by atoms with Crippen LogP contribution < -0.4 is 5.32 Å². The molecular weight excluding hydrogens is 400 g/mol. The van der Waals surface area contributed by atoms with Crippen LogP contribution in [0.5, 0.6) is 0 Å². The van der Waals surface area contributed by atoms with Crippen molar-refractivity contribution in [3.05, 3.63) is 11.1 Å². The fraction of sp³-hybridized carbons (Fsp3) is 0.926. The highest BCUT2D eigenvalue weighted by Gasteiger charge is 2.69. The third-order valence-electron chi connectivity index (χ3n) is 11.4. The van der Waals surface area contributed by atoms with Crippen molar-refractivity contribution in [2.75, 3.05) is 33.3 Å². The molecule has 3 aliphatic heterocycles. The van der Waals surface area contributed by atoms with Crippen LogP contribution in [0.25, 0.3) is 0 Å². The number of nitrogens with zero attached hydrogens (tertiary/aromatic N) is 1. The Morgan fingerprint density at radius 3 is 2.50 bits per heavy atom. The predicted octanol–water partition coefficient (Wildman–Crippen LogP) is 4.12. The number of ether oxygens (including phenoxy) is 3. The Morgan fingerprint density at radius 1 is 1.09 bits per heavy atom. The molecule has 1 N–H and O–H groups in total. The lowest BCUT2D eigenvalue weighted by atomic mass is 9.43. The lowest BCUT2D eigenvalue weighted by Gasteiger charge is -2.67. The van der Waals surface area contributed by atoms with E-state index in [4.69, 9.17) is 14.2 Å². The second-order valence-electron chi connectivity index (χ2n) is 13.0. The fourth-order valence-electron chi connectivity index (χ4n) is 8.67. The standard InChI is InChI=1S/C27H44N2O3/c1-17-8-10-25(4)14-18-26(5,11-9-19-27(18,28-6)16-30-19)23-22(21(17)24(25,2)3)31-20(32-23)15-29-12-7-13-29/h18-20,22-23,28H,7-16H2,1-6H3/t18?,19-,20-,22-,23-,25+,26-,27-/m1/s1. The zero-order valence-electron chi connectivity index (χ0n) is 21.1. The van der Waals surface area contributed by atoms with Crippen molar-refractivity contribution in [3.8, 4) is 0 Å². The van der Waals surface area contributed by atoms with Crippen molar-refractivity contribution in [2.24, 2.45) is 22.2 Å². The first-order valence-electron chi connectivity index (χ1n) is 13.2. The third-order valence-corrected chi connectivity index (χ3v) is 11.4. The van der Waals surface area contributed by atoms with E-state index in [-0.39, 0.29) is 40.3 Å². The largest absolute Gasteiger partial charge is 0.374 e. The minimum absolute atomic E-state index is 0.0727. The molecule has 6 rings (SSSR count). The van der Waals surface area contributed by atoms with E-state index in [1.807, 2.05) is 0 Å². The van der Waals surface area contributed by atoms with E-state index in [0.717, 1.165) is 26.0 Å². The topological polar surface area (TPSA) is 43.0 Å². The molecule has 0 amide bonds. The molecule has 3 saturated heterocycles. The summed E-state index contributed by atoms with van der Waals surface area (Å²) in [6.45, 7) is 16.6. The summed E-state index contributed by atoms with van der Waals surface area (Å²) in [4.78, 5) is 2.49. The van der Waals surface area contributed by atoms with E-state index in [2.05, 4.69) is 51.9 Å². The lowest BCUT2D eigenvalue weighted by Crippen LogP contribution is -2.77. The first-order chi connectivity index (χ1) is 15.1. The number of allylic oxidation sites excluding steroid dienone is 1. The summed E-state index contributed by atoms with van der Waals surface area (Å²) >= 11 is 0. The highest BCUT2D eigenvalue weighted by molar-refractivity contribution is 5.35. The van der Waals surface area contributed by atoms with Crippen LogP contribution >= 0.6 is 0 Å². The average molecular weight is 445 g/mol. The van der Waals surface area contributed by atoms with Gasteiger partial charge in [0.1, 0.15) is 6.10 Å². The molecule has 180 valence electrons. The number of fused-ring (bicyclic) bond motifs is 8. The van der Waals surface area contributed by atoms with Crippen molar-refractivity contribution in [2.45, 2.75) is 103 Å². The Morgan fingerprint density at radius 2 is 1.88 bits per heavy atom. The molecule has 0 aromatic carbocycles. The number of rotatable bonds is 3. The Kier molecular flexibility index (Phi) is 4.84. The van der Waals surface area contributed by atoms with Gasteiger partial charge in [-0.2, -0.15) is 0 Å². The normalized spacial score (nSPS) is 52.1. The SMILES string of the molecule is CN[C@@]12CO[C@@H]1CC[C@]1(C)C2C[C@]2(C)CCC(C)=C([C@H]3O[C@@H](CN4CCC4)O[C@H]31)C2(C)C. The number of likely N-dealkylation sites (tertiary alicyclic amines) is 1. The second-order valence-corrected chi connectivity index (χ2v) is 13.0. The van der Waals surface area contributed by atoms with Crippen molar-refractivity contribution in [1.82, 2.24) is 10.2 Å². The molecule has 5 heteroatoms. The molecule has 5 nitrogen and oxygen atoms in total. The van der Waals surface area contributed by atoms with E-state index in [0.29, 0.717) is 12.0 Å². The zero-order valence-corrected chi connectivity index (χ0v) is 21.1. The van der Waals surface area contributed by atoms with Gasteiger partial charge in [-0.05, 0) is 87.9 Å². The summed E-state index contributed by atoms with van der Waals surface area (Å²) in [7, 11) is 2.17. The number of nitrogens with one attached hydrogen (secondary N) is 1. The molecule has 3 heterocycles. The molecule has 8 atom stereocenters. The van der Waals surface area contributed by atoms with Gasteiger partial charge in [0, 0.05) is 12.0 Å². The first-order valence-corrected chi connectivity index (χ1v) is 13.2. The molecule has 0 aromatic heterocycles. The van der Waals surface area contributed by atoms with Gasteiger partial charge in [-0.25, -0.2) is 0 Å². The minimum atomic E-state index is -0.106. The number of likely N-dealkylation sites (N-methyl/N-ethyl adjacent to an activating group) is 1. The molecule has 1 unspecified atom stereocenters. The molecule has 0 aromatic rings. The predicted molar refractivity (Wildman–Crippen MR) is 125 cm³/mol. The van der Waals surface area contributed by atoms with E-state index in [9.17, 15) is 0 Å². The maximum absolute atomic E-state index is 6.98. The van der Waals surface area contributed by atoms with Gasteiger partial charge in [0.05, 0.1) is 24.4 Å². The van der Waals surface area contributed by atoms with E-state index >= 15 is 0 Å². The smallest absolute Gasteiger partial charge is 0.171 e. The van der Waals surface area contributed by atoms with E-state index < -0.39 is 0 Å². The lowest BCUT2D eigenvalue weighted by molar-refractivity contribution is -0.249. The van der Waals surface area contributed by atoms with Gasteiger partial charge < -0.3 is 19.5 Å². The molecule has 3 aliphatic carbocycles. The summed E-state index contributed by atoms with van der Waals surface area (Å²) in [5.74, 6) is 0.524. The van der Waals surface area contributed by atoms with Crippen LogP contribution in [0, 0.1) is 22.2 Å². The molecule has 0 spiro atoms. The van der Waals surface area contributed by atoms with Gasteiger partial charge in [-0.15, -0.1) is 0 Å². The van der Waals surface area contributed by atoms with Gasteiger partial charge >= 0.3 is 0 Å². The van der Waals surface area contributed by atoms with Crippen LogP contribution in [0.4, 0.5) is 0 Å². The maximum Gasteiger partial charge on any atom is 0.171 e. The Bertz CT molecular complexity index is 818. The molecule has 2 bridgehead atoms. The van der Waals surface area contributed by atoms with Crippen molar-refractivity contribution < 1.29 is 14.2 Å². The minimum Gasteiger partial charge on any atom is -0.374 e. The molecular formula is C27H44N2O3. The average Bonchev–Trinajstić information content (AvgIpc) is 3.10. The van der Waals surface area contributed by atoms with Crippen LogP contribution in [0.1, 0.15) is 73.1 Å². The molecule has 5 fully saturated rings. The summed E-state index contributed by atoms with van der Waals surface area (Å²) in [6.07, 6.45) is 7.72. The van der Waals surface area contributed by atoms with Crippen LogP contribution in [-0.2, 0) is 14.2 Å². The molecule has 6 aliphatic rings. The Labute approximate surface area is 194 Å². The van der Waals surface area contributed by atoms with Crippen LogP contribution in [0.3, 0.4) is 0 Å². The van der Waals surface area contributed by atoms with Crippen molar-refractivity contribution in [3.63, 3.8) is 0 Å². The Balaban J connectivity index is 1.47. The molecule has 32 heavy (non-hydrogen) atoms. The van der Waals surface area contributed by atoms with Gasteiger partial charge in [0.15, 0.2) is 6.29 Å². The maximum atomic E-state index is 6.98. The van der Waals surface area contributed by atoms with Crippen LogP contribution in [-0.4, -0.2) is 68.3 Å². The molecule has 2 saturated carbocycles. The Hall–Kier alpha value is -0.460. The summed E-state index contributed by atoms with van der Waals surface area (Å²) < 4.78 is 20.1.